The second-order valence-corrected chi connectivity index (χ2v) is 3.50. The molecule has 4 nitrogen and oxygen atoms in total. The summed E-state index contributed by atoms with van der Waals surface area (Å²) in [6.45, 7) is 2.57. The van der Waals surface area contributed by atoms with Crippen LogP contribution in [0.2, 0.25) is 0 Å². The van der Waals surface area contributed by atoms with Gasteiger partial charge in [-0.25, -0.2) is 4.98 Å². The van der Waals surface area contributed by atoms with Crippen LogP contribution in [0.3, 0.4) is 0 Å². The van der Waals surface area contributed by atoms with Crippen LogP contribution in [0, 0.1) is 0 Å². The van der Waals surface area contributed by atoms with Crippen molar-refractivity contribution in [3.63, 3.8) is 0 Å². The second-order valence-electron chi connectivity index (χ2n) is 3.50. The van der Waals surface area contributed by atoms with E-state index in [2.05, 4.69) is 10.3 Å². The third kappa shape index (κ3) is 2.66. The minimum atomic E-state index is 0.610. The van der Waals surface area contributed by atoms with Crippen LogP contribution in [0.1, 0.15) is 6.92 Å². The fraction of sp³-hybridized carbons (Fsp3) is 0.154. The lowest BCUT2D eigenvalue weighted by atomic mass is 10.3. The predicted octanol–water partition coefficient (Wildman–Crippen LogP) is 2.81. The number of benzene rings is 1. The van der Waals surface area contributed by atoms with Gasteiger partial charge in [-0.15, -0.1) is 0 Å². The average molecular weight is 229 g/mol. The predicted molar refractivity (Wildman–Crippen MR) is 69.5 cm³/mol. The van der Waals surface area contributed by atoms with Gasteiger partial charge >= 0.3 is 0 Å². The summed E-state index contributed by atoms with van der Waals surface area (Å²) in [5.41, 5.74) is 7.30. The number of ether oxygens (including phenoxy) is 1. The lowest BCUT2D eigenvalue weighted by molar-refractivity contribution is 0.342. The minimum Gasteiger partial charge on any atom is -0.492 e. The Morgan fingerprint density at radius 1 is 1.24 bits per heavy atom. The van der Waals surface area contributed by atoms with Gasteiger partial charge in [0.1, 0.15) is 5.75 Å². The summed E-state index contributed by atoms with van der Waals surface area (Å²) in [5.74, 6) is 1.43. The van der Waals surface area contributed by atoms with Gasteiger partial charge in [0.05, 0.1) is 18.0 Å². The summed E-state index contributed by atoms with van der Waals surface area (Å²) in [5, 5.41) is 3.16. The number of para-hydroxylation sites is 2. The van der Waals surface area contributed by atoms with Crippen LogP contribution in [0.15, 0.2) is 42.6 Å². The number of nitrogen functional groups attached to an aromatic ring is 1. The van der Waals surface area contributed by atoms with Crippen molar-refractivity contribution >= 4 is 17.2 Å². The van der Waals surface area contributed by atoms with Crippen LogP contribution in [0.4, 0.5) is 17.2 Å². The molecule has 0 saturated heterocycles. The van der Waals surface area contributed by atoms with Crippen molar-refractivity contribution < 1.29 is 4.74 Å². The third-order valence-corrected chi connectivity index (χ3v) is 2.28. The molecule has 17 heavy (non-hydrogen) atoms. The first-order valence-corrected chi connectivity index (χ1v) is 5.50. The van der Waals surface area contributed by atoms with Gasteiger partial charge in [-0.3, -0.25) is 0 Å². The van der Waals surface area contributed by atoms with E-state index >= 15 is 0 Å². The number of nitrogens with one attached hydrogen (secondary N) is 1. The first-order valence-electron chi connectivity index (χ1n) is 5.50. The molecule has 0 aliphatic heterocycles. The Hall–Kier alpha value is -2.23. The topological polar surface area (TPSA) is 60.2 Å². The van der Waals surface area contributed by atoms with Gasteiger partial charge in [0, 0.05) is 6.20 Å². The maximum absolute atomic E-state index is 5.83. The highest BCUT2D eigenvalue weighted by atomic mass is 16.5. The molecule has 0 atom stereocenters. The minimum absolute atomic E-state index is 0.610. The van der Waals surface area contributed by atoms with Gasteiger partial charge in [0.25, 0.3) is 0 Å². The molecule has 0 radical (unpaired) electrons. The van der Waals surface area contributed by atoms with E-state index in [0.717, 1.165) is 11.4 Å². The Balaban J connectivity index is 2.27. The molecule has 1 aromatic carbocycles. The molecule has 4 heteroatoms. The smallest absolute Gasteiger partial charge is 0.153 e. The van der Waals surface area contributed by atoms with E-state index in [1.54, 1.807) is 18.3 Å². The Kier molecular flexibility index (Phi) is 3.45. The Bertz CT molecular complexity index is 500. The van der Waals surface area contributed by atoms with Gasteiger partial charge in [-0.05, 0) is 31.2 Å². The fourth-order valence-corrected chi connectivity index (χ4v) is 1.50. The summed E-state index contributed by atoms with van der Waals surface area (Å²) in [6, 6.07) is 11.3. The Morgan fingerprint density at radius 2 is 2.06 bits per heavy atom. The second kappa shape index (κ2) is 5.21. The molecule has 0 spiro atoms. The van der Waals surface area contributed by atoms with Crippen molar-refractivity contribution in [3.8, 4) is 5.75 Å². The molecule has 0 unspecified atom stereocenters. The Morgan fingerprint density at radius 3 is 2.82 bits per heavy atom. The zero-order chi connectivity index (χ0) is 12.1. The summed E-state index contributed by atoms with van der Waals surface area (Å²) in [4.78, 5) is 4.18. The monoisotopic (exact) mass is 229 g/mol. The zero-order valence-electron chi connectivity index (χ0n) is 9.68. The molecular formula is C13H15N3O. The van der Waals surface area contributed by atoms with Crippen molar-refractivity contribution in [1.29, 1.82) is 0 Å². The highest BCUT2D eigenvalue weighted by Gasteiger charge is 2.05. The summed E-state index contributed by atoms with van der Waals surface area (Å²) in [7, 11) is 0. The van der Waals surface area contributed by atoms with Gasteiger partial charge in [-0.2, -0.15) is 0 Å². The van der Waals surface area contributed by atoms with Gasteiger partial charge in [0.2, 0.25) is 0 Å². The third-order valence-electron chi connectivity index (χ3n) is 2.28. The Labute approximate surface area is 100 Å². The van der Waals surface area contributed by atoms with Crippen molar-refractivity contribution in [3.05, 3.63) is 42.6 Å². The number of nitrogens with two attached hydrogens (primary N) is 1. The molecule has 3 N–H and O–H groups in total. The standard InChI is InChI=1S/C13H15N3O/c1-2-17-12-8-4-3-7-11(12)16-13-10(14)6-5-9-15-13/h3-9H,2,14H2,1H3,(H,15,16). The number of hydrogen-bond donors (Lipinski definition) is 2. The molecule has 0 amide bonds. The summed E-state index contributed by atoms with van der Waals surface area (Å²) in [6.07, 6.45) is 1.70. The van der Waals surface area contributed by atoms with Crippen molar-refractivity contribution in [1.82, 2.24) is 4.98 Å². The fourth-order valence-electron chi connectivity index (χ4n) is 1.50. The number of hydrogen-bond acceptors (Lipinski definition) is 4. The van der Waals surface area contributed by atoms with Gasteiger partial charge in [0.15, 0.2) is 5.82 Å². The molecule has 1 heterocycles. The summed E-state index contributed by atoms with van der Waals surface area (Å²) < 4.78 is 5.52. The molecule has 0 fully saturated rings. The van der Waals surface area contributed by atoms with E-state index in [-0.39, 0.29) is 0 Å². The van der Waals surface area contributed by atoms with E-state index in [9.17, 15) is 0 Å². The SMILES string of the molecule is CCOc1ccccc1Nc1ncccc1N. The molecule has 2 rings (SSSR count). The van der Waals surface area contributed by atoms with Crippen LogP contribution in [-0.4, -0.2) is 11.6 Å². The number of rotatable bonds is 4. The van der Waals surface area contributed by atoms with Crippen LogP contribution >= 0.6 is 0 Å². The van der Waals surface area contributed by atoms with Crippen molar-refractivity contribution in [2.45, 2.75) is 6.92 Å². The van der Waals surface area contributed by atoms with Crippen LogP contribution in [-0.2, 0) is 0 Å². The molecule has 0 bridgehead atoms. The van der Waals surface area contributed by atoms with E-state index in [1.807, 2.05) is 31.2 Å². The number of pyridine rings is 1. The molecule has 1 aromatic heterocycles. The lowest BCUT2D eigenvalue weighted by Crippen LogP contribution is -2.01. The number of aromatic nitrogens is 1. The van der Waals surface area contributed by atoms with Gasteiger partial charge in [-0.1, -0.05) is 12.1 Å². The highest BCUT2D eigenvalue weighted by Crippen LogP contribution is 2.28. The zero-order valence-corrected chi connectivity index (χ0v) is 9.68. The van der Waals surface area contributed by atoms with Crippen LogP contribution in [0.5, 0.6) is 5.75 Å². The molecule has 0 aliphatic carbocycles. The van der Waals surface area contributed by atoms with Crippen LogP contribution in [0.25, 0.3) is 0 Å². The van der Waals surface area contributed by atoms with E-state index in [0.29, 0.717) is 18.1 Å². The quantitative estimate of drug-likeness (QED) is 0.846. The van der Waals surface area contributed by atoms with E-state index in [1.165, 1.54) is 0 Å². The highest BCUT2D eigenvalue weighted by molar-refractivity contribution is 5.71. The molecule has 88 valence electrons. The van der Waals surface area contributed by atoms with E-state index < -0.39 is 0 Å². The molecular weight excluding hydrogens is 214 g/mol. The molecule has 2 aromatic rings. The van der Waals surface area contributed by atoms with E-state index in [4.69, 9.17) is 10.5 Å². The molecule has 0 aliphatic rings. The molecule has 0 saturated carbocycles. The lowest BCUT2D eigenvalue weighted by Gasteiger charge is -2.12. The number of anilines is 3. The maximum Gasteiger partial charge on any atom is 0.153 e. The maximum atomic E-state index is 5.83. The van der Waals surface area contributed by atoms with Crippen molar-refractivity contribution in [2.24, 2.45) is 0 Å². The van der Waals surface area contributed by atoms with Gasteiger partial charge < -0.3 is 15.8 Å². The average Bonchev–Trinajstić information content (AvgIpc) is 2.35. The van der Waals surface area contributed by atoms with Crippen LogP contribution < -0.4 is 15.8 Å². The largest absolute Gasteiger partial charge is 0.492 e. The van der Waals surface area contributed by atoms with Crippen molar-refractivity contribution in [2.75, 3.05) is 17.7 Å². The normalized spacial score (nSPS) is 9.94. The first kappa shape index (κ1) is 11.3. The number of nitrogens with zero attached hydrogens (tertiary/aromatic N) is 1. The summed E-state index contributed by atoms with van der Waals surface area (Å²) >= 11 is 0. The first-order chi connectivity index (χ1) is 8.31.